The molecule has 7 nitrogen and oxygen atoms in total. The molecule has 2 aromatic rings. The van der Waals surface area contributed by atoms with Gasteiger partial charge in [0.05, 0.1) is 12.7 Å². The molecule has 0 aromatic heterocycles. The number of hydrogen-bond acceptors (Lipinski definition) is 6. The van der Waals surface area contributed by atoms with Gasteiger partial charge in [-0.25, -0.2) is 9.90 Å². The van der Waals surface area contributed by atoms with Crippen molar-refractivity contribution in [3.05, 3.63) is 63.9 Å². The molecule has 170 valence electrons. The molecule has 2 N–H and O–H groups in total. The van der Waals surface area contributed by atoms with Crippen molar-refractivity contribution in [2.45, 2.75) is 32.2 Å². The molecule has 1 saturated heterocycles. The van der Waals surface area contributed by atoms with Crippen LogP contribution >= 0.6 is 11.6 Å². The second-order valence-electron chi connectivity index (χ2n) is 8.22. The Morgan fingerprint density at radius 1 is 1.06 bits per heavy atom. The fourth-order valence-corrected chi connectivity index (χ4v) is 4.96. The van der Waals surface area contributed by atoms with Crippen LogP contribution in [0.25, 0.3) is 16.7 Å². The maximum atomic E-state index is 13.4. The Morgan fingerprint density at radius 2 is 1.66 bits per heavy atom. The zero-order valence-electron chi connectivity index (χ0n) is 18.4. The van der Waals surface area contributed by atoms with Crippen molar-refractivity contribution in [1.82, 2.24) is 10.1 Å². The Labute approximate surface area is 192 Å². The number of aliphatic hydroxyl groups excluding tert-OH is 2. The molecule has 4 rings (SSSR count). The van der Waals surface area contributed by atoms with Gasteiger partial charge in [-0.15, -0.1) is 0 Å². The van der Waals surface area contributed by atoms with E-state index in [2.05, 4.69) is 0 Å². The molecule has 0 bridgehead atoms. The molecular weight excluding hydrogens is 432 g/mol. The Morgan fingerprint density at radius 3 is 2.19 bits per heavy atom. The van der Waals surface area contributed by atoms with Gasteiger partial charge >= 0.3 is 0 Å². The maximum absolute atomic E-state index is 13.4. The number of hydrogen-bond donors (Lipinski definition) is 2. The van der Waals surface area contributed by atoms with Crippen LogP contribution in [0.5, 0.6) is 0 Å². The van der Waals surface area contributed by atoms with Crippen LogP contribution in [0, 0.1) is 13.8 Å². The van der Waals surface area contributed by atoms with Crippen LogP contribution in [-0.2, 0) is 14.5 Å². The normalized spacial score (nSPS) is 18.8. The first-order valence-electron chi connectivity index (χ1n) is 10.5. The van der Waals surface area contributed by atoms with E-state index >= 15 is 0 Å². The lowest BCUT2D eigenvalue weighted by Gasteiger charge is -2.42. The SMILES string of the molecule is CON1CCC2(CC1)C(O)=C(c1c(C)cc(-c3ccc(Cl)cc3)cc1C)C(=O)N2OCO. The highest BCUT2D eigenvalue weighted by Gasteiger charge is 2.55. The summed E-state index contributed by atoms with van der Waals surface area (Å²) in [7, 11) is 1.59. The molecule has 1 spiro atoms. The summed E-state index contributed by atoms with van der Waals surface area (Å²) in [4.78, 5) is 24.1. The van der Waals surface area contributed by atoms with Crippen molar-refractivity contribution in [2.24, 2.45) is 0 Å². The van der Waals surface area contributed by atoms with Gasteiger partial charge in [0.1, 0.15) is 11.3 Å². The van der Waals surface area contributed by atoms with Crippen molar-refractivity contribution >= 4 is 23.1 Å². The van der Waals surface area contributed by atoms with Crippen molar-refractivity contribution in [1.29, 1.82) is 0 Å². The number of carbonyl (C=O) groups excluding carboxylic acids is 1. The molecule has 8 heteroatoms. The van der Waals surface area contributed by atoms with Gasteiger partial charge in [0, 0.05) is 18.1 Å². The van der Waals surface area contributed by atoms with Gasteiger partial charge in [-0.2, -0.15) is 5.06 Å². The van der Waals surface area contributed by atoms with E-state index in [1.807, 2.05) is 50.2 Å². The number of rotatable bonds is 5. The number of piperidine rings is 1. The Hall–Kier alpha value is -2.42. The lowest BCUT2D eigenvalue weighted by atomic mass is 9.84. The largest absolute Gasteiger partial charge is 0.509 e. The molecule has 32 heavy (non-hydrogen) atoms. The van der Waals surface area contributed by atoms with Crippen molar-refractivity contribution < 1.29 is 24.7 Å². The van der Waals surface area contributed by atoms with E-state index in [1.54, 1.807) is 12.2 Å². The summed E-state index contributed by atoms with van der Waals surface area (Å²) in [5.41, 5.74) is 3.61. The topological polar surface area (TPSA) is 82.5 Å². The number of benzene rings is 2. The van der Waals surface area contributed by atoms with Crippen LogP contribution in [0.2, 0.25) is 5.02 Å². The number of carbonyl (C=O) groups is 1. The van der Waals surface area contributed by atoms with Crippen LogP contribution in [0.3, 0.4) is 0 Å². The van der Waals surface area contributed by atoms with Gasteiger partial charge < -0.3 is 15.1 Å². The number of halogens is 1. The zero-order valence-corrected chi connectivity index (χ0v) is 19.1. The van der Waals surface area contributed by atoms with Crippen molar-refractivity contribution in [3.8, 4) is 11.1 Å². The van der Waals surface area contributed by atoms with Crippen LogP contribution < -0.4 is 0 Å². The fourth-order valence-electron chi connectivity index (χ4n) is 4.84. The quantitative estimate of drug-likeness (QED) is 0.659. The third-order valence-corrected chi connectivity index (χ3v) is 6.67. The van der Waals surface area contributed by atoms with Crippen LogP contribution in [-0.4, -0.2) is 58.8 Å². The van der Waals surface area contributed by atoms with Gasteiger partial charge in [0.2, 0.25) is 0 Å². The Kier molecular flexibility index (Phi) is 6.29. The van der Waals surface area contributed by atoms with E-state index in [0.29, 0.717) is 36.5 Å². The van der Waals surface area contributed by atoms with Gasteiger partial charge in [0.25, 0.3) is 5.91 Å². The van der Waals surface area contributed by atoms with E-state index in [-0.39, 0.29) is 11.3 Å². The Bertz CT molecular complexity index is 1040. The van der Waals surface area contributed by atoms with Crippen LogP contribution in [0.4, 0.5) is 0 Å². The third kappa shape index (κ3) is 3.70. The second-order valence-corrected chi connectivity index (χ2v) is 8.65. The smallest absolute Gasteiger partial charge is 0.282 e. The van der Waals surface area contributed by atoms with Crippen LogP contribution in [0.1, 0.15) is 29.5 Å². The number of hydroxylamine groups is 4. The summed E-state index contributed by atoms with van der Waals surface area (Å²) in [5, 5.41) is 24.4. The highest BCUT2D eigenvalue weighted by molar-refractivity contribution is 6.30. The van der Waals surface area contributed by atoms with Gasteiger partial charge in [0.15, 0.2) is 6.79 Å². The average molecular weight is 459 g/mol. The first-order valence-corrected chi connectivity index (χ1v) is 10.9. The first kappa shape index (κ1) is 22.8. The molecule has 2 heterocycles. The minimum Gasteiger partial charge on any atom is -0.509 e. The summed E-state index contributed by atoms with van der Waals surface area (Å²) in [6, 6.07) is 11.6. The Balaban J connectivity index is 1.79. The molecule has 2 aliphatic rings. The number of aliphatic hydroxyl groups is 2. The molecule has 1 fully saturated rings. The summed E-state index contributed by atoms with van der Waals surface area (Å²) < 4.78 is 0. The van der Waals surface area contributed by atoms with Gasteiger partial charge in [-0.05, 0) is 66.6 Å². The molecule has 2 aliphatic heterocycles. The molecule has 0 saturated carbocycles. The minimum atomic E-state index is -1.03. The maximum Gasteiger partial charge on any atom is 0.282 e. The second kappa shape index (κ2) is 8.84. The average Bonchev–Trinajstić information content (AvgIpc) is 2.97. The summed E-state index contributed by atoms with van der Waals surface area (Å²) in [6.07, 6.45) is 0.839. The minimum absolute atomic E-state index is 0.0165. The third-order valence-electron chi connectivity index (χ3n) is 6.42. The standard InChI is InChI=1S/C24H27ClN2O5/c1-15-12-18(17-4-6-19(25)7-5-17)13-16(2)20(15)21-22(29)24(27(23(21)30)32-14-28)8-10-26(31-3)11-9-24/h4-7,12-13,28-29H,8-11,14H2,1-3H3. The lowest BCUT2D eigenvalue weighted by molar-refractivity contribution is -0.255. The van der Waals surface area contributed by atoms with E-state index in [0.717, 1.165) is 27.3 Å². The fraction of sp³-hybridized carbons (Fsp3) is 0.375. The highest BCUT2D eigenvalue weighted by atomic mass is 35.5. The summed E-state index contributed by atoms with van der Waals surface area (Å²) in [6.45, 7) is 4.21. The number of aryl methyl sites for hydroxylation is 2. The van der Waals surface area contributed by atoms with Crippen molar-refractivity contribution in [3.63, 3.8) is 0 Å². The highest BCUT2D eigenvalue weighted by Crippen LogP contribution is 2.46. The van der Waals surface area contributed by atoms with E-state index in [9.17, 15) is 15.0 Å². The van der Waals surface area contributed by atoms with E-state index < -0.39 is 18.2 Å². The van der Waals surface area contributed by atoms with Gasteiger partial charge in [-0.3, -0.25) is 4.79 Å². The molecule has 0 radical (unpaired) electrons. The van der Waals surface area contributed by atoms with E-state index in [1.165, 1.54) is 0 Å². The number of nitrogens with zero attached hydrogens (tertiary/aromatic N) is 2. The molecule has 0 unspecified atom stereocenters. The molecular formula is C24H27ClN2O5. The summed E-state index contributed by atoms with van der Waals surface area (Å²) in [5.74, 6) is -0.468. The molecule has 1 amide bonds. The predicted molar refractivity (Wildman–Crippen MR) is 121 cm³/mol. The monoisotopic (exact) mass is 458 g/mol. The van der Waals surface area contributed by atoms with E-state index in [4.69, 9.17) is 21.3 Å². The zero-order chi connectivity index (χ0) is 23.0. The van der Waals surface area contributed by atoms with Gasteiger partial charge in [-0.1, -0.05) is 35.9 Å². The lowest BCUT2D eigenvalue weighted by Crippen LogP contribution is -2.54. The predicted octanol–water partition coefficient (Wildman–Crippen LogP) is 4.01. The number of amides is 1. The molecule has 0 atom stereocenters. The van der Waals surface area contributed by atoms with Crippen molar-refractivity contribution in [2.75, 3.05) is 27.0 Å². The molecule has 2 aromatic carbocycles. The summed E-state index contributed by atoms with van der Waals surface area (Å²) >= 11 is 6.02. The first-order chi connectivity index (χ1) is 15.3. The van der Waals surface area contributed by atoms with Crippen LogP contribution in [0.15, 0.2) is 42.2 Å². The molecule has 0 aliphatic carbocycles.